The lowest BCUT2D eigenvalue weighted by Gasteiger charge is -2.27. The number of unbranched alkanes of at least 4 members (excludes halogenated alkanes) is 4. The maximum atomic E-state index is 11.1. The summed E-state index contributed by atoms with van der Waals surface area (Å²) in [5.74, 6) is 0.427. The number of hydrogen-bond acceptors (Lipinski definition) is 4. The van der Waals surface area contributed by atoms with E-state index in [4.69, 9.17) is 5.11 Å². The normalized spacial score (nSPS) is 30.5. The minimum absolute atomic E-state index is 0.0365. The number of aliphatic hydroxyl groups excluding tert-OH is 3. The lowest BCUT2D eigenvalue weighted by molar-refractivity contribution is 0.00919. The zero-order valence-corrected chi connectivity index (χ0v) is 17.7. The van der Waals surface area contributed by atoms with E-state index in [0.717, 1.165) is 57.8 Å². The first kappa shape index (κ1) is 23.6. The molecule has 2 aliphatic rings. The molecule has 0 spiro atoms. The van der Waals surface area contributed by atoms with Crippen molar-refractivity contribution in [1.82, 2.24) is 0 Å². The summed E-state index contributed by atoms with van der Waals surface area (Å²) in [6.07, 6.45) is 18.5. The second-order valence-corrected chi connectivity index (χ2v) is 9.01. The Morgan fingerprint density at radius 2 is 1.75 bits per heavy atom. The molecule has 162 valence electrons. The minimum Gasteiger partial charge on any atom is -0.396 e. The van der Waals surface area contributed by atoms with Gasteiger partial charge in [-0.1, -0.05) is 50.5 Å². The molecule has 5 atom stereocenters. The maximum absolute atomic E-state index is 11.1. The summed E-state index contributed by atoms with van der Waals surface area (Å²) < 4.78 is 0. The van der Waals surface area contributed by atoms with E-state index in [1.807, 2.05) is 0 Å². The molecule has 0 heterocycles. The first-order valence-electron chi connectivity index (χ1n) is 11.5. The van der Waals surface area contributed by atoms with Crippen LogP contribution in [0.15, 0.2) is 24.3 Å². The van der Waals surface area contributed by atoms with Crippen LogP contribution in [0, 0.1) is 17.8 Å². The van der Waals surface area contributed by atoms with Crippen LogP contribution >= 0.6 is 0 Å². The highest BCUT2D eigenvalue weighted by Gasteiger charge is 2.43. The topological polar surface area (TPSA) is 80.9 Å². The van der Waals surface area contributed by atoms with Gasteiger partial charge in [-0.25, -0.2) is 0 Å². The maximum Gasteiger partial charge on any atom is 0.0710 e. The molecular formula is C24H42O4. The summed E-state index contributed by atoms with van der Waals surface area (Å²) in [5.41, 5.74) is -0.587. The summed E-state index contributed by atoms with van der Waals surface area (Å²) in [7, 11) is 0. The van der Waals surface area contributed by atoms with Gasteiger partial charge < -0.3 is 20.4 Å². The van der Waals surface area contributed by atoms with Crippen LogP contribution in [-0.2, 0) is 0 Å². The lowest BCUT2D eigenvalue weighted by Crippen LogP contribution is -2.30. The summed E-state index contributed by atoms with van der Waals surface area (Å²) >= 11 is 0. The van der Waals surface area contributed by atoms with Crippen molar-refractivity contribution in [3.63, 3.8) is 0 Å². The van der Waals surface area contributed by atoms with Gasteiger partial charge in [0.1, 0.15) is 0 Å². The average molecular weight is 395 g/mol. The van der Waals surface area contributed by atoms with Crippen LogP contribution in [0.3, 0.4) is 0 Å². The Kier molecular flexibility index (Phi) is 10.2. The van der Waals surface area contributed by atoms with Crippen molar-refractivity contribution in [2.75, 3.05) is 6.61 Å². The standard InChI is InChI=1S/C24H42O4/c1-2-3-8-15-24(28,19-13-14-19)16-10-12-21-20(22(26)18-23(21)27)11-7-5-4-6-9-17-25/h5,7,10,12,19-23,25-28H,2-4,6,8-9,11,13-18H2,1H3/t20-,21-,22+,23-,24?/m1/s1. The predicted octanol–water partition coefficient (Wildman–Crippen LogP) is 4.12. The van der Waals surface area contributed by atoms with Crippen molar-refractivity contribution >= 4 is 0 Å². The number of allylic oxidation sites excluding steroid dienone is 2. The van der Waals surface area contributed by atoms with E-state index in [0.29, 0.717) is 18.8 Å². The summed E-state index contributed by atoms with van der Waals surface area (Å²) in [6, 6.07) is 0. The minimum atomic E-state index is -0.587. The number of rotatable bonds is 14. The van der Waals surface area contributed by atoms with Crippen molar-refractivity contribution in [1.29, 1.82) is 0 Å². The Labute approximate surface area is 171 Å². The molecule has 0 aromatic rings. The Balaban J connectivity index is 1.87. The van der Waals surface area contributed by atoms with E-state index in [1.54, 1.807) is 0 Å². The highest BCUT2D eigenvalue weighted by atomic mass is 16.3. The second-order valence-electron chi connectivity index (χ2n) is 9.01. The third-order valence-corrected chi connectivity index (χ3v) is 6.65. The zero-order valence-electron chi connectivity index (χ0n) is 17.7. The first-order valence-corrected chi connectivity index (χ1v) is 11.5. The van der Waals surface area contributed by atoms with Gasteiger partial charge in [0.15, 0.2) is 0 Å². The van der Waals surface area contributed by atoms with Crippen LogP contribution in [0.2, 0.25) is 0 Å². The van der Waals surface area contributed by atoms with Crippen molar-refractivity contribution in [3.8, 4) is 0 Å². The van der Waals surface area contributed by atoms with E-state index in [1.165, 1.54) is 6.42 Å². The van der Waals surface area contributed by atoms with Gasteiger partial charge in [-0.2, -0.15) is 0 Å². The Hall–Kier alpha value is -0.680. The van der Waals surface area contributed by atoms with Crippen molar-refractivity contribution in [3.05, 3.63) is 24.3 Å². The predicted molar refractivity (Wildman–Crippen MR) is 114 cm³/mol. The van der Waals surface area contributed by atoms with Gasteiger partial charge in [-0.05, 0) is 63.2 Å². The third kappa shape index (κ3) is 7.29. The van der Waals surface area contributed by atoms with Crippen LogP contribution in [0.25, 0.3) is 0 Å². The molecule has 2 fully saturated rings. The fourth-order valence-electron chi connectivity index (χ4n) is 4.66. The SMILES string of the molecule is CCCCCC(O)(CC=C[C@@H]1[C@@H](CC=CCCCCO)[C@@H](O)C[C@H]1O)C1CC1. The van der Waals surface area contributed by atoms with Crippen LogP contribution in [0.1, 0.15) is 84.0 Å². The van der Waals surface area contributed by atoms with Crippen LogP contribution in [-0.4, -0.2) is 44.8 Å². The molecule has 0 aromatic carbocycles. The fraction of sp³-hybridized carbons (Fsp3) is 0.833. The first-order chi connectivity index (χ1) is 13.5. The largest absolute Gasteiger partial charge is 0.396 e. The van der Waals surface area contributed by atoms with Crippen LogP contribution in [0.5, 0.6) is 0 Å². The molecule has 4 nitrogen and oxygen atoms in total. The molecule has 0 bridgehead atoms. The molecule has 2 aliphatic carbocycles. The smallest absolute Gasteiger partial charge is 0.0710 e. The quantitative estimate of drug-likeness (QED) is 0.264. The molecular weight excluding hydrogens is 352 g/mol. The van der Waals surface area contributed by atoms with Crippen LogP contribution in [0.4, 0.5) is 0 Å². The van der Waals surface area contributed by atoms with E-state index in [2.05, 4.69) is 31.2 Å². The van der Waals surface area contributed by atoms with E-state index < -0.39 is 17.8 Å². The molecule has 4 N–H and O–H groups in total. The Bertz CT molecular complexity index is 485. The monoisotopic (exact) mass is 394 g/mol. The Morgan fingerprint density at radius 3 is 2.43 bits per heavy atom. The molecule has 2 saturated carbocycles. The summed E-state index contributed by atoms with van der Waals surface area (Å²) in [6.45, 7) is 2.42. The molecule has 1 unspecified atom stereocenters. The number of aliphatic hydroxyl groups is 4. The third-order valence-electron chi connectivity index (χ3n) is 6.65. The molecule has 4 heteroatoms. The number of hydrogen-bond donors (Lipinski definition) is 4. The highest BCUT2D eigenvalue weighted by Crippen LogP contribution is 2.45. The van der Waals surface area contributed by atoms with Crippen molar-refractivity contribution in [2.24, 2.45) is 17.8 Å². The molecule has 0 aromatic heterocycles. The van der Waals surface area contributed by atoms with Gasteiger partial charge in [0, 0.05) is 18.9 Å². The Morgan fingerprint density at radius 1 is 0.964 bits per heavy atom. The van der Waals surface area contributed by atoms with Gasteiger partial charge in [0.05, 0.1) is 17.8 Å². The average Bonchev–Trinajstić information content (AvgIpc) is 3.48. The molecule has 0 saturated heterocycles. The second kappa shape index (κ2) is 12.1. The van der Waals surface area contributed by atoms with Gasteiger partial charge in [-0.3, -0.25) is 0 Å². The van der Waals surface area contributed by atoms with Crippen molar-refractivity contribution in [2.45, 2.75) is 102 Å². The van der Waals surface area contributed by atoms with Gasteiger partial charge in [-0.15, -0.1) is 0 Å². The van der Waals surface area contributed by atoms with Gasteiger partial charge in [0.2, 0.25) is 0 Å². The van der Waals surface area contributed by atoms with Crippen molar-refractivity contribution < 1.29 is 20.4 Å². The van der Waals surface area contributed by atoms with E-state index in [-0.39, 0.29) is 18.4 Å². The van der Waals surface area contributed by atoms with Crippen LogP contribution < -0.4 is 0 Å². The molecule has 0 aliphatic heterocycles. The van der Waals surface area contributed by atoms with E-state index >= 15 is 0 Å². The summed E-state index contributed by atoms with van der Waals surface area (Å²) in [4.78, 5) is 0. The zero-order chi connectivity index (χ0) is 20.4. The molecule has 0 radical (unpaired) electrons. The molecule has 2 rings (SSSR count). The van der Waals surface area contributed by atoms with E-state index in [9.17, 15) is 15.3 Å². The van der Waals surface area contributed by atoms with Gasteiger partial charge in [0.25, 0.3) is 0 Å². The highest BCUT2D eigenvalue weighted by molar-refractivity contribution is 5.07. The fourth-order valence-corrected chi connectivity index (χ4v) is 4.66. The summed E-state index contributed by atoms with van der Waals surface area (Å²) in [5, 5.41) is 40.7. The molecule has 28 heavy (non-hydrogen) atoms. The lowest BCUT2D eigenvalue weighted by atomic mass is 9.85. The molecule has 0 amide bonds. The van der Waals surface area contributed by atoms with Gasteiger partial charge >= 0.3 is 0 Å².